The summed E-state index contributed by atoms with van der Waals surface area (Å²) in [6.45, 7) is 0.259. The maximum atomic E-state index is 12.9. The molecule has 0 saturated carbocycles. The zero-order valence-corrected chi connectivity index (χ0v) is 12.9. The number of alkyl halides is 3. The van der Waals surface area contributed by atoms with Crippen molar-refractivity contribution in [3.63, 3.8) is 0 Å². The molecule has 1 aromatic heterocycles. The Kier molecular flexibility index (Phi) is 4.85. The van der Waals surface area contributed by atoms with Gasteiger partial charge in [0.05, 0.1) is 29.9 Å². The third-order valence-electron chi connectivity index (χ3n) is 2.57. The van der Waals surface area contributed by atoms with Crippen LogP contribution in [0.4, 0.5) is 18.9 Å². The second-order valence-electron chi connectivity index (χ2n) is 3.97. The molecule has 0 aliphatic rings. The zero-order valence-electron chi connectivity index (χ0n) is 10.6. The monoisotopic (exact) mass is 356 g/mol. The van der Waals surface area contributed by atoms with E-state index >= 15 is 0 Å². The lowest BCUT2D eigenvalue weighted by Gasteiger charge is -2.15. The molecule has 1 N–H and O–H groups in total. The number of benzene rings is 1. The van der Waals surface area contributed by atoms with Crippen LogP contribution in [0.2, 0.25) is 9.49 Å². The standard InChI is InChI=1S/C12H9Cl2F3N2OS/c1-20-6-2-8(12(15,16)17)10(13)9(3-6)18-4-7-5-19-11(14)21-7/h2-3,5,18H,4H2,1H3. The van der Waals surface area contributed by atoms with E-state index < -0.39 is 16.8 Å². The van der Waals surface area contributed by atoms with Crippen molar-refractivity contribution < 1.29 is 17.9 Å². The largest absolute Gasteiger partial charge is 0.497 e. The summed E-state index contributed by atoms with van der Waals surface area (Å²) in [5, 5.41) is 2.43. The first-order valence-electron chi connectivity index (χ1n) is 5.60. The number of halogens is 5. The van der Waals surface area contributed by atoms with Gasteiger partial charge in [0.25, 0.3) is 0 Å². The number of hydrogen-bond acceptors (Lipinski definition) is 4. The van der Waals surface area contributed by atoms with Gasteiger partial charge < -0.3 is 10.1 Å². The van der Waals surface area contributed by atoms with Gasteiger partial charge in [-0.05, 0) is 6.07 Å². The minimum Gasteiger partial charge on any atom is -0.497 e. The molecule has 2 rings (SSSR count). The van der Waals surface area contributed by atoms with Crippen LogP contribution >= 0.6 is 34.5 Å². The minimum atomic E-state index is -4.56. The number of nitrogens with zero attached hydrogens (tertiary/aromatic N) is 1. The third kappa shape index (κ3) is 3.93. The van der Waals surface area contributed by atoms with Gasteiger partial charge in [0.15, 0.2) is 4.47 Å². The van der Waals surface area contributed by atoms with Crippen molar-refractivity contribution in [2.24, 2.45) is 0 Å². The van der Waals surface area contributed by atoms with E-state index in [0.29, 0.717) is 4.47 Å². The smallest absolute Gasteiger partial charge is 0.418 e. The predicted octanol–water partition coefficient (Wildman–Crippen LogP) is 5.09. The third-order valence-corrected chi connectivity index (χ3v) is 4.09. The van der Waals surface area contributed by atoms with Gasteiger partial charge in [0.2, 0.25) is 0 Å². The summed E-state index contributed by atoms with van der Waals surface area (Å²) in [7, 11) is 1.29. The molecule has 3 nitrogen and oxygen atoms in total. The van der Waals surface area contributed by atoms with E-state index in [1.165, 1.54) is 24.5 Å². The molecule has 9 heteroatoms. The fourth-order valence-electron chi connectivity index (χ4n) is 1.60. The lowest BCUT2D eigenvalue weighted by molar-refractivity contribution is -0.137. The van der Waals surface area contributed by atoms with Gasteiger partial charge in [-0.25, -0.2) is 4.98 Å². The highest BCUT2D eigenvalue weighted by Gasteiger charge is 2.35. The lowest BCUT2D eigenvalue weighted by atomic mass is 10.1. The van der Waals surface area contributed by atoms with Gasteiger partial charge in [-0.15, -0.1) is 11.3 Å². The average molecular weight is 357 g/mol. The number of methoxy groups -OCH3 is 1. The zero-order chi connectivity index (χ0) is 15.6. The highest BCUT2D eigenvalue weighted by atomic mass is 35.5. The van der Waals surface area contributed by atoms with E-state index in [4.69, 9.17) is 27.9 Å². The van der Waals surface area contributed by atoms with Gasteiger partial charge in [-0.3, -0.25) is 0 Å². The molecule has 0 radical (unpaired) electrons. The van der Waals surface area contributed by atoms with E-state index in [0.717, 1.165) is 10.9 Å². The predicted molar refractivity (Wildman–Crippen MR) is 77.5 cm³/mol. The van der Waals surface area contributed by atoms with Crippen molar-refractivity contribution in [1.82, 2.24) is 4.98 Å². The van der Waals surface area contributed by atoms with Crippen LogP contribution in [-0.4, -0.2) is 12.1 Å². The molecule has 1 aromatic carbocycles. The summed E-state index contributed by atoms with van der Waals surface area (Å²) in [5.41, 5.74) is -0.818. The molecule has 0 unspecified atom stereocenters. The Morgan fingerprint density at radius 3 is 2.57 bits per heavy atom. The fraction of sp³-hybridized carbons (Fsp3) is 0.250. The van der Waals surface area contributed by atoms with Crippen molar-refractivity contribution >= 4 is 40.2 Å². The topological polar surface area (TPSA) is 34.1 Å². The number of aromatic nitrogens is 1. The number of anilines is 1. The van der Waals surface area contributed by atoms with Gasteiger partial charge in [-0.2, -0.15) is 13.2 Å². The Morgan fingerprint density at radius 2 is 2.05 bits per heavy atom. The first-order chi connectivity index (χ1) is 9.81. The quantitative estimate of drug-likeness (QED) is 0.828. The van der Waals surface area contributed by atoms with Gasteiger partial charge in [0, 0.05) is 17.1 Å². The molecule has 114 valence electrons. The van der Waals surface area contributed by atoms with E-state index in [1.807, 2.05) is 0 Å². The number of ether oxygens (including phenoxy) is 1. The minimum absolute atomic E-state index is 0.0663. The highest BCUT2D eigenvalue weighted by molar-refractivity contribution is 7.15. The van der Waals surface area contributed by atoms with Crippen LogP contribution in [0.3, 0.4) is 0 Å². The first-order valence-corrected chi connectivity index (χ1v) is 7.17. The maximum absolute atomic E-state index is 12.9. The molecule has 0 aliphatic heterocycles. The van der Waals surface area contributed by atoms with E-state index in [-0.39, 0.29) is 18.0 Å². The number of hydrogen-bond donors (Lipinski definition) is 1. The van der Waals surface area contributed by atoms with Crippen LogP contribution in [0.5, 0.6) is 5.75 Å². The summed E-state index contributed by atoms with van der Waals surface area (Å²) in [4.78, 5) is 4.62. The molecule has 2 aromatic rings. The second kappa shape index (κ2) is 6.29. The summed E-state index contributed by atoms with van der Waals surface area (Å²) in [5.74, 6) is 0.0663. The molecule has 0 amide bonds. The molecule has 0 atom stereocenters. The lowest BCUT2D eigenvalue weighted by Crippen LogP contribution is -2.09. The fourth-order valence-corrected chi connectivity index (χ4v) is 2.80. The summed E-state index contributed by atoms with van der Waals surface area (Å²) < 4.78 is 44.0. The molecular weight excluding hydrogens is 348 g/mol. The molecule has 0 fully saturated rings. The number of rotatable bonds is 4. The van der Waals surface area contributed by atoms with Crippen LogP contribution in [-0.2, 0) is 12.7 Å². The van der Waals surface area contributed by atoms with Crippen molar-refractivity contribution in [3.8, 4) is 5.75 Å². The Labute approximate surface area is 132 Å². The van der Waals surface area contributed by atoms with Gasteiger partial charge in [0.1, 0.15) is 5.75 Å². The normalized spacial score (nSPS) is 11.5. The van der Waals surface area contributed by atoms with Gasteiger partial charge in [-0.1, -0.05) is 23.2 Å². The average Bonchev–Trinajstić information content (AvgIpc) is 2.82. The Morgan fingerprint density at radius 1 is 1.33 bits per heavy atom. The molecule has 0 aliphatic carbocycles. The number of nitrogens with one attached hydrogen (secondary N) is 1. The molecule has 0 spiro atoms. The summed E-state index contributed by atoms with van der Waals surface area (Å²) in [6, 6.07) is 2.26. The Balaban J connectivity index is 2.29. The van der Waals surface area contributed by atoms with Crippen molar-refractivity contribution in [3.05, 3.63) is 38.3 Å². The molecule has 0 bridgehead atoms. The van der Waals surface area contributed by atoms with E-state index in [1.54, 1.807) is 6.20 Å². The number of thiazole rings is 1. The van der Waals surface area contributed by atoms with E-state index in [2.05, 4.69) is 10.3 Å². The van der Waals surface area contributed by atoms with Crippen LogP contribution in [0.15, 0.2) is 18.3 Å². The second-order valence-corrected chi connectivity index (χ2v) is 6.04. The van der Waals surface area contributed by atoms with Crippen molar-refractivity contribution in [2.45, 2.75) is 12.7 Å². The van der Waals surface area contributed by atoms with E-state index in [9.17, 15) is 13.2 Å². The Hall–Kier alpha value is -1.18. The molecule has 0 saturated heterocycles. The maximum Gasteiger partial charge on any atom is 0.418 e. The van der Waals surface area contributed by atoms with Crippen molar-refractivity contribution in [1.29, 1.82) is 0 Å². The van der Waals surface area contributed by atoms with Crippen LogP contribution in [0.1, 0.15) is 10.4 Å². The van der Waals surface area contributed by atoms with Gasteiger partial charge >= 0.3 is 6.18 Å². The first kappa shape index (κ1) is 16.2. The van der Waals surface area contributed by atoms with Crippen LogP contribution in [0, 0.1) is 0 Å². The molecule has 1 heterocycles. The highest BCUT2D eigenvalue weighted by Crippen LogP contribution is 2.41. The van der Waals surface area contributed by atoms with Crippen molar-refractivity contribution in [2.75, 3.05) is 12.4 Å². The Bertz CT molecular complexity index is 646. The molecule has 21 heavy (non-hydrogen) atoms. The molecular formula is C12H9Cl2F3N2OS. The SMILES string of the molecule is COc1cc(NCc2cnc(Cl)s2)c(Cl)c(C(F)(F)F)c1. The van der Waals surface area contributed by atoms with Crippen LogP contribution in [0.25, 0.3) is 0 Å². The summed E-state index contributed by atoms with van der Waals surface area (Å²) >= 11 is 12.7. The summed E-state index contributed by atoms with van der Waals surface area (Å²) in [6.07, 6.45) is -3.02. The van der Waals surface area contributed by atoms with Crippen LogP contribution < -0.4 is 10.1 Å².